The summed E-state index contributed by atoms with van der Waals surface area (Å²) in [4.78, 5) is 2.33. The van der Waals surface area contributed by atoms with Crippen LogP contribution >= 0.6 is 0 Å². The Kier molecular flexibility index (Phi) is 7.85. The van der Waals surface area contributed by atoms with Crippen molar-refractivity contribution in [3.8, 4) is 44.5 Å². The average molecular weight is 690 g/mol. The van der Waals surface area contributed by atoms with Crippen molar-refractivity contribution in [2.75, 3.05) is 4.90 Å². The molecule has 0 bridgehead atoms. The minimum Gasteiger partial charge on any atom is -0.455 e. The number of hydrogen-bond donors (Lipinski definition) is 0. The summed E-state index contributed by atoms with van der Waals surface area (Å²) in [6, 6.07) is 75.9. The van der Waals surface area contributed by atoms with Crippen LogP contribution in [0.5, 0.6) is 0 Å². The van der Waals surface area contributed by atoms with Crippen LogP contribution in [-0.2, 0) is 0 Å². The highest BCUT2D eigenvalue weighted by Crippen LogP contribution is 2.40. The number of para-hydroxylation sites is 2. The van der Waals surface area contributed by atoms with Crippen molar-refractivity contribution in [3.05, 3.63) is 212 Å². The van der Waals surface area contributed by atoms with Gasteiger partial charge in [0.1, 0.15) is 11.2 Å². The van der Waals surface area contributed by atoms with Crippen LogP contribution in [0.4, 0.5) is 17.1 Å². The predicted molar refractivity (Wildman–Crippen MR) is 228 cm³/mol. The van der Waals surface area contributed by atoms with Gasteiger partial charge in [-0.1, -0.05) is 158 Å². The van der Waals surface area contributed by atoms with E-state index < -0.39 is 0 Å². The van der Waals surface area contributed by atoms with Crippen molar-refractivity contribution in [2.24, 2.45) is 0 Å². The van der Waals surface area contributed by atoms with Gasteiger partial charge in [-0.3, -0.25) is 0 Å². The van der Waals surface area contributed by atoms with Crippen LogP contribution in [-0.4, -0.2) is 0 Å². The Balaban J connectivity index is 1.01. The first-order chi connectivity index (χ1) is 26.7. The van der Waals surface area contributed by atoms with Gasteiger partial charge in [0.15, 0.2) is 0 Å². The fourth-order valence-corrected chi connectivity index (χ4v) is 7.70. The summed E-state index contributed by atoms with van der Waals surface area (Å²) in [5.74, 6) is 0. The Hall–Kier alpha value is -7.16. The molecule has 0 saturated heterocycles. The van der Waals surface area contributed by atoms with E-state index in [0.29, 0.717) is 0 Å². The fraction of sp³-hybridized carbons (Fsp3) is 0. The van der Waals surface area contributed by atoms with E-state index in [9.17, 15) is 0 Å². The average Bonchev–Trinajstić information content (AvgIpc) is 3.64. The molecular weight excluding hydrogens is 655 g/mol. The number of furan rings is 1. The molecule has 254 valence electrons. The van der Waals surface area contributed by atoms with Gasteiger partial charge in [0.25, 0.3) is 0 Å². The highest BCUT2D eigenvalue weighted by molar-refractivity contribution is 6.09. The highest BCUT2D eigenvalue weighted by Gasteiger charge is 2.16. The van der Waals surface area contributed by atoms with Crippen molar-refractivity contribution in [2.45, 2.75) is 0 Å². The molecule has 0 aliphatic heterocycles. The summed E-state index contributed by atoms with van der Waals surface area (Å²) in [7, 11) is 0. The summed E-state index contributed by atoms with van der Waals surface area (Å²) < 4.78 is 6.39. The van der Waals surface area contributed by atoms with Crippen LogP contribution in [0.15, 0.2) is 217 Å². The molecule has 0 amide bonds. The predicted octanol–water partition coefficient (Wildman–Crippen LogP) is 14.9. The third-order valence-corrected chi connectivity index (χ3v) is 10.5. The Morgan fingerprint density at radius 2 is 0.778 bits per heavy atom. The molecule has 2 nitrogen and oxygen atoms in total. The molecule has 0 aliphatic carbocycles. The lowest BCUT2D eigenvalue weighted by Crippen LogP contribution is -2.09. The van der Waals surface area contributed by atoms with E-state index in [1.54, 1.807) is 0 Å². The van der Waals surface area contributed by atoms with E-state index in [2.05, 4.69) is 205 Å². The van der Waals surface area contributed by atoms with E-state index in [1.165, 1.54) is 44.2 Å². The third kappa shape index (κ3) is 5.81. The van der Waals surface area contributed by atoms with E-state index in [1.807, 2.05) is 12.1 Å². The van der Waals surface area contributed by atoms with E-state index in [-0.39, 0.29) is 0 Å². The van der Waals surface area contributed by atoms with Crippen molar-refractivity contribution >= 4 is 49.8 Å². The number of rotatable bonds is 7. The van der Waals surface area contributed by atoms with Gasteiger partial charge in [-0.2, -0.15) is 0 Å². The molecule has 0 N–H and O–H groups in total. The highest BCUT2D eigenvalue weighted by atomic mass is 16.3. The zero-order valence-corrected chi connectivity index (χ0v) is 29.6. The summed E-state index contributed by atoms with van der Waals surface area (Å²) >= 11 is 0. The summed E-state index contributed by atoms with van der Waals surface area (Å²) in [5.41, 5.74) is 14.5. The third-order valence-electron chi connectivity index (χ3n) is 10.5. The molecule has 54 heavy (non-hydrogen) atoms. The minimum atomic E-state index is 0.908. The van der Waals surface area contributed by atoms with Gasteiger partial charge in [0.05, 0.1) is 0 Å². The normalized spacial score (nSPS) is 11.3. The quantitative estimate of drug-likeness (QED) is 0.166. The number of hydrogen-bond acceptors (Lipinski definition) is 2. The Morgan fingerprint density at radius 3 is 1.50 bits per heavy atom. The second kappa shape index (κ2) is 13.4. The topological polar surface area (TPSA) is 16.4 Å². The largest absolute Gasteiger partial charge is 0.455 e. The van der Waals surface area contributed by atoms with Crippen molar-refractivity contribution < 1.29 is 4.42 Å². The molecule has 0 spiro atoms. The molecule has 10 rings (SSSR count). The Bertz CT molecular complexity index is 2900. The first kappa shape index (κ1) is 31.6. The molecule has 1 aromatic heterocycles. The number of anilines is 3. The summed E-state index contributed by atoms with van der Waals surface area (Å²) in [6.07, 6.45) is 0. The number of fused-ring (bicyclic) bond motifs is 4. The van der Waals surface area contributed by atoms with Crippen LogP contribution < -0.4 is 4.90 Å². The summed E-state index contributed by atoms with van der Waals surface area (Å²) in [6.45, 7) is 0. The Labute approximate surface area is 314 Å². The second-order valence-electron chi connectivity index (χ2n) is 13.8. The smallest absolute Gasteiger partial charge is 0.143 e. The van der Waals surface area contributed by atoms with Crippen molar-refractivity contribution in [1.29, 1.82) is 0 Å². The van der Waals surface area contributed by atoms with Gasteiger partial charge in [-0.25, -0.2) is 0 Å². The zero-order chi connectivity index (χ0) is 35.8. The van der Waals surface area contributed by atoms with Gasteiger partial charge in [0.2, 0.25) is 0 Å². The van der Waals surface area contributed by atoms with Gasteiger partial charge < -0.3 is 9.32 Å². The second-order valence-corrected chi connectivity index (χ2v) is 13.8. The van der Waals surface area contributed by atoms with Crippen LogP contribution in [0.25, 0.3) is 77.2 Å². The first-order valence-corrected chi connectivity index (χ1v) is 18.4. The van der Waals surface area contributed by atoms with Gasteiger partial charge in [-0.05, 0) is 104 Å². The SMILES string of the molecule is c1ccc(-c2ccc(N(c3ccc(-c4cccc(-c5ccc6ccccc6c5)c4)cc3)c3ccc(-c4cccc5c4oc4ccccc45)cc3)cc2)cc1. The lowest BCUT2D eigenvalue weighted by Gasteiger charge is -2.26. The monoisotopic (exact) mass is 689 g/mol. The lowest BCUT2D eigenvalue weighted by molar-refractivity contribution is 0.670. The molecule has 10 aromatic rings. The van der Waals surface area contributed by atoms with E-state index in [4.69, 9.17) is 4.42 Å². The maximum Gasteiger partial charge on any atom is 0.143 e. The zero-order valence-electron chi connectivity index (χ0n) is 29.6. The molecule has 2 heteroatoms. The van der Waals surface area contributed by atoms with E-state index in [0.717, 1.165) is 50.1 Å². The molecule has 0 fully saturated rings. The fourth-order valence-electron chi connectivity index (χ4n) is 7.70. The molecule has 0 unspecified atom stereocenters. The van der Waals surface area contributed by atoms with Crippen LogP contribution in [0.2, 0.25) is 0 Å². The van der Waals surface area contributed by atoms with Gasteiger partial charge >= 0.3 is 0 Å². The molecule has 0 radical (unpaired) electrons. The molecule has 1 heterocycles. The van der Waals surface area contributed by atoms with Crippen molar-refractivity contribution in [3.63, 3.8) is 0 Å². The minimum absolute atomic E-state index is 0.908. The molecule has 0 aliphatic rings. The van der Waals surface area contributed by atoms with Crippen LogP contribution in [0, 0.1) is 0 Å². The van der Waals surface area contributed by atoms with E-state index >= 15 is 0 Å². The maximum absolute atomic E-state index is 6.39. The molecule has 0 atom stereocenters. The number of nitrogens with zero attached hydrogens (tertiary/aromatic N) is 1. The van der Waals surface area contributed by atoms with Gasteiger partial charge in [-0.15, -0.1) is 0 Å². The Morgan fingerprint density at radius 1 is 0.296 bits per heavy atom. The van der Waals surface area contributed by atoms with Gasteiger partial charge in [0, 0.05) is 33.4 Å². The molecule has 0 saturated carbocycles. The van der Waals surface area contributed by atoms with Crippen LogP contribution in [0.1, 0.15) is 0 Å². The standard InChI is InChI=1S/C52H35NO/c1-2-10-36(11-3-1)38-22-28-45(29-23-38)53(47-32-26-40(27-33-47)48-17-9-18-50-49-16-6-7-19-51(49)54-52(48)50)46-30-24-39(25-31-46)42-14-8-15-43(34-42)44-21-20-37-12-4-5-13-41(37)35-44/h1-35H. The van der Waals surface area contributed by atoms with Crippen molar-refractivity contribution in [1.82, 2.24) is 0 Å². The molecular formula is C52H35NO. The first-order valence-electron chi connectivity index (χ1n) is 18.4. The molecule has 9 aromatic carbocycles. The summed E-state index contributed by atoms with van der Waals surface area (Å²) in [5, 5.41) is 4.78. The lowest BCUT2D eigenvalue weighted by atomic mass is 9.97. The number of benzene rings is 9. The van der Waals surface area contributed by atoms with Crippen LogP contribution in [0.3, 0.4) is 0 Å². The maximum atomic E-state index is 6.39.